The molecule has 0 heterocycles. The van der Waals surface area contributed by atoms with Crippen molar-refractivity contribution in [2.45, 2.75) is 116 Å². The highest BCUT2D eigenvalue weighted by molar-refractivity contribution is 5.82. The fraction of sp³-hybridized carbons (Fsp3) is 0.960. The molecule has 6 unspecified atom stereocenters. The van der Waals surface area contributed by atoms with E-state index in [4.69, 9.17) is 9.84 Å². The predicted octanol–water partition coefficient (Wildman–Crippen LogP) is 6.47. The summed E-state index contributed by atoms with van der Waals surface area (Å²) < 4.78 is 18.2. The third kappa shape index (κ3) is 7.31. The highest BCUT2D eigenvalue weighted by Gasteiger charge is 2.48. The van der Waals surface area contributed by atoms with Gasteiger partial charge in [-0.15, -0.1) is 0 Å². The van der Waals surface area contributed by atoms with E-state index in [1.807, 2.05) is 6.92 Å². The lowest BCUT2D eigenvalue weighted by atomic mass is 9.58. The maximum Gasteiger partial charge on any atom is 0.188 e. The summed E-state index contributed by atoms with van der Waals surface area (Å²) in [5.41, 5.74) is -0.902. The highest BCUT2D eigenvalue weighted by atomic mass is 19.1. The van der Waals surface area contributed by atoms with E-state index in [1.54, 1.807) is 20.8 Å². The van der Waals surface area contributed by atoms with Gasteiger partial charge in [-0.1, -0.05) is 26.2 Å². The molecule has 0 saturated heterocycles. The van der Waals surface area contributed by atoms with E-state index in [2.05, 4.69) is 6.92 Å². The standard InChI is InChI=1S/C21H35FO2.C4H10O/c1-3-12-21(2,24-14-22)13-11-19-18-8-7-15-5-4-6-16(15)17(18)9-10-20(19)23;1-4(2,3)5/h15-19H,3-14H2,1-2H3;5H,1-3H3. The molecule has 29 heavy (non-hydrogen) atoms. The number of carbonyl (C=O) groups is 1. The molecule has 3 fully saturated rings. The normalized spacial score (nSPS) is 33.9. The molecule has 1 N–H and O–H groups in total. The number of hydrogen-bond acceptors (Lipinski definition) is 3. The molecule has 6 atom stereocenters. The van der Waals surface area contributed by atoms with Crippen molar-refractivity contribution in [2.75, 3.05) is 6.86 Å². The Kier molecular flexibility index (Phi) is 9.15. The Morgan fingerprint density at radius 2 is 1.69 bits per heavy atom. The van der Waals surface area contributed by atoms with Crippen molar-refractivity contribution in [1.29, 1.82) is 0 Å². The lowest BCUT2D eigenvalue weighted by molar-refractivity contribution is -0.133. The van der Waals surface area contributed by atoms with Crippen LogP contribution in [0.4, 0.5) is 4.39 Å². The minimum atomic E-state index is -0.717. The fourth-order valence-corrected chi connectivity index (χ4v) is 6.35. The molecule has 0 aromatic rings. The Bertz CT molecular complexity index is 501. The molecule has 0 amide bonds. The summed E-state index contributed by atoms with van der Waals surface area (Å²) in [4.78, 5) is 12.7. The van der Waals surface area contributed by atoms with Gasteiger partial charge >= 0.3 is 0 Å². The number of carbonyl (C=O) groups excluding carboxylic acids is 1. The number of aliphatic hydroxyl groups is 1. The number of alkyl halides is 1. The summed E-state index contributed by atoms with van der Waals surface area (Å²) in [5, 5.41) is 8.52. The Balaban J connectivity index is 0.000000537. The van der Waals surface area contributed by atoms with Crippen molar-refractivity contribution in [1.82, 2.24) is 0 Å². The molecule has 3 saturated carbocycles. The number of Topliss-reactive ketones (excluding diaryl/α,β-unsaturated/α-hetero) is 1. The average molecular weight is 413 g/mol. The second-order valence-corrected chi connectivity index (χ2v) is 11.0. The van der Waals surface area contributed by atoms with Crippen molar-refractivity contribution < 1.29 is 19.0 Å². The van der Waals surface area contributed by atoms with Crippen molar-refractivity contribution in [3.8, 4) is 0 Å². The Labute approximate surface area is 178 Å². The van der Waals surface area contributed by atoms with E-state index in [9.17, 15) is 9.18 Å². The average Bonchev–Trinajstić information content (AvgIpc) is 3.08. The van der Waals surface area contributed by atoms with Crippen molar-refractivity contribution in [2.24, 2.45) is 29.6 Å². The maximum atomic E-state index is 12.8. The van der Waals surface area contributed by atoms with Crippen molar-refractivity contribution >= 4 is 5.78 Å². The molecule has 3 rings (SSSR count). The molecule has 3 nitrogen and oxygen atoms in total. The van der Waals surface area contributed by atoms with Crippen LogP contribution in [0.25, 0.3) is 0 Å². The molecule has 3 aliphatic carbocycles. The number of fused-ring (bicyclic) bond motifs is 3. The van der Waals surface area contributed by atoms with E-state index in [0.29, 0.717) is 11.7 Å². The number of ether oxygens (including phenoxy) is 1. The largest absolute Gasteiger partial charge is 0.391 e. The molecule has 0 aliphatic heterocycles. The van der Waals surface area contributed by atoms with E-state index in [0.717, 1.165) is 56.3 Å². The van der Waals surface area contributed by atoms with Gasteiger partial charge in [-0.25, -0.2) is 4.39 Å². The first-order valence-electron chi connectivity index (χ1n) is 12.0. The Morgan fingerprint density at radius 3 is 2.31 bits per heavy atom. The zero-order chi connectivity index (χ0) is 21.7. The predicted molar refractivity (Wildman–Crippen MR) is 116 cm³/mol. The summed E-state index contributed by atoms with van der Waals surface area (Å²) in [6.07, 6.45) is 12.3. The lowest BCUT2D eigenvalue weighted by Crippen LogP contribution is -2.43. The minimum Gasteiger partial charge on any atom is -0.391 e. The number of hydrogen-bond donors (Lipinski definition) is 1. The van der Waals surface area contributed by atoms with E-state index >= 15 is 0 Å². The van der Waals surface area contributed by atoms with Crippen LogP contribution in [0.15, 0.2) is 0 Å². The van der Waals surface area contributed by atoms with Crippen molar-refractivity contribution in [3.63, 3.8) is 0 Å². The van der Waals surface area contributed by atoms with E-state index in [1.165, 1.54) is 32.1 Å². The summed E-state index contributed by atoms with van der Waals surface area (Å²) >= 11 is 0. The van der Waals surface area contributed by atoms with Crippen LogP contribution < -0.4 is 0 Å². The van der Waals surface area contributed by atoms with E-state index in [-0.39, 0.29) is 5.92 Å². The zero-order valence-electron chi connectivity index (χ0n) is 19.5. The second-order valence-electron chi connectivity index (χ2n) is 11.0. The first-order chi connectivity index (χ1) is 13.6. The van der Waals surface area contributed by atoms with Crippen LogP contribution in [-0.2, 0) is 9.53 Å². The zero-order valence-corrected chi connectivity index (χ0v) is 19.5. The first kappa shape index (κ1) is 24.8. The topological polar surface area (TPSA) is 46.5 Å². The molecule has 0 spiro atoms. The SMILES string of the molecule is CC(C)(C)O.CCCC(C)(CCC1C(=O)CCC2C3CCCC3CCC12)OCF. The second kappa shape index (κ2) is 10.7. The van der Waals surface area contributed by atoms with Crippen LogP contribution in [0.2, 0.25) is 0 Å². The highest BCUT2D eigenvalue weighted by Crippen LogP contribution is 2.54. The van der Waals surface area contributed by atoms with Gasteiger partial charge in [0.2, 0.25) is 0 Å². The third-order valence-corrected chi connectivity index (χ3v) is 7.51. The monoisotopic (exact) mass is 412 g/mol. The number of ketones is 1. The molecule has 4 heteroatoms. The van der Waals surface area contributed by atoms with Crippen LogP contribution in [-0.4, -0.2) is 29.0 Å². The third-order valence-electron chi connectivity index (χ3n) is 7.51. The van der Waals surface area contributed by atoms with Gasteiger partial charge in [-0.2, -0.15) is 0 Å². The minimum absolute atomic E-state index is 0.213. The maximum absolute atomic E-state index is 12.8. The van der Waals surface area contributed by atoms with Gasteiger partial charge in [0.1, 0.15) is 5.78 Å². The lowest BCUT2D eigenvalue weighted by Gasteiger charge is -2.47. The van der Waals surface area contributed by atoms with Crippen molar-refractivity contribution in [3.05, 3.63) is 0 Å². The molecule has 3 aliphatic rings. The summed E-state index contributed by atoms with van der Waals surface area (Å²) in [7, 11) is 0. The molecule has 0 bridgehead atoms. The summed E-state index contributed by atoms with van der Waals surface area (Å²) in [6.45, 7) is 8.65. The number of rotatable bonds is 7. The van der Waals surface area contributed by atoms with Gasteiger partial charge in [-0.05, 0) is 96.3 Å². The molecule has 0 aromatic heterocycles. The van der Waals surface area contributed by atoms with Crippen LogP contribution in [0.1, 0.15) is 105 Å². The molecular formula is C25H45FO3. The van der Waals surface area contributed by atoms with E-state index < -0.39 is 18.1 Å². The van der Waals surface area contributed by atoms with Gasteiger partial charge in [-0.3, -0.25) is 4.79 Å². The van der Waals surface area contributed by atoms with Gasteiger partial charge in [0, 0.05) is 12.3 Å². The van der Waals surface area contributed by atoms with Crippen LogP contribution in [0, 0.1) is 29.6 Å². The van der Waals surface area contributed by atoms with Crippen LogP contribution in [0.3, 0.4) is 0 Å². The molecular weight excluding hydrogens is 367 g/mol. The van der Waals surface area contributed by atoms with Crippen LogP contribution >= 0.6 is 0 Å². The van der Waals surface area contributed by atoms with Gasteiger partial charge in [0.05, 0.1) is 11.2 Å². The Morgan fingerprint density at radius 1 is 1.00 bits per heavy atom. The quantitative estimate of drug-likeness (QED) is 0.521. The molecule has 0 aromatic carbocycles. The van der Waals surface area contributed by atoms with Crippen LogP contribution in [0.5, 0.6) is 0 Å². The van der Waals surface area contributed by atoms with Gasteiger partial charge in [0.15, 0.2) is 6.86 Å². The summed E-state index contributed by atoms with van der Waals surface area (Å²) in [6, 6.07) is 0. The first-order valence-corrected chi connectivity index (χ1v) is 12.0. The Hall–Kier alpha value is -0.480. The smallest absolute Gasteiger partial charge is 0.188 e. The fourth-order valence-electron chi connectivity index (χ4n) is 6.35. The summed E-state index contributed by atoms with van der Waals surface area (Å²) in [5.74, 6) is 3.91. The van der Waals surface area contributed by atoms with Gasteiger partial charge in [0.25, 0.3) is 0 Å². The molecule has 0 radical (unpaired) electrons. The molecule has 170 valence electrons. The van der Waals surface area contributed by atoms with Gasteiger partial charge < -0.3 is 9.84 Å². The number of halogens is 1.